The van der Waals surface area contributed by atoms with Crippen LogP contribution in [0.5, 0.6) is 11.5 Å². The molecule has 7 heteroatoms. The Morgan fingerprint density at radius 2 is 1.59 bits per heavy atom. The lowest BCUT2D eigenvalue weighted by atomic mass is 10.1. The Balaban J connectivity index is 1.67. The molecule has 1 amide bonds. The van der Waals surface area contributed by atoms with Crippen LogP contribution in [-0.2, 0) is 0 Å². The Morgan fingerprint density at radius 1 is 1.00 bits per heavy atom. The average molecular weight is 364 g/mol. The highest BCUT2D eigenvalue weighted by Crippen LogP contribution is 2.21. The van der Waals surface area contributed by atoms with Gasteiger partial charge in [0.05, 0.1) is 25.6 Å². The van der Waals surface area contributed by atoms with Crippen molar-refractivity contribution in [3.8, 4) is 22.8 Å². The van der Waals surface area contributed by atoms with Crippen molar-refractivity contribution in [2.24, 2.45) is 5.10 Å². The van der Waals surface area contributed by atoms with Crippen LogP contribution in [0, 0.1) is 0 Å². The Bertz CT molecular complexity index is 944. The number of hydrogen-bond acceptors (Lipinski definition) is 5. The largest absolute Gasteiger partial charge is 0.497 e. The average Bonchev–Trinajstić information content (AvgIpc) is 3.22. The highest BCUT2D eigenvalue weighted by molar-refractivity contribution is 6.00. The van der Waals surface area contributed by atoms with E-state index in [9.17, 15) is 4.79 Å². The first-order valence-electron chi connectivity index (χ1n) is 8.29. The van der Waals surface area contributed by atoms with E-state index in [1.807, 2.05) is 55.5 Å². The number of aromatic amines is 1. The summed E-state index contributed by atoms with van der Waals surface area (Å²) >= 11 is 0. The number of nitrogens with one attached hydrogen (secondary N) is 2. The summed E-state index contributed by atoms with van der Waals surface area (Å²) in [6.45, 7) is 1.82. The van der Waals surface area contributed by atoms with Crippen molar-refractivity contribution in [1.82, 2.24) is 15.6 Å². The smallest absolute Gasteiger partial charge is 0.289 e. The van der Waals surface area contributed by atoms with Crippen LogP contribution in [-0.4, -0.2) is 36.0 Å². The zero-order valence-corrected chi connectivity index (χ0v) is 15.3. The van der Waals surface area contributed by atoms with Gasteiger partial charge in [0.2, 0.25) is 0 Å². The van der Waals surface area contributed by atoms with Crippen LogP contribution in [0.15, 0.2) is 59.7 Å². The third kappa shape index (κ3) is 4.33. The van der Waals surface area contributed by atoms with Crippen LogP contribution in [0.1, 0.15) is 23.0 Å². The molecule has 0 fully saturated rings. The first-order valence-corrected chi connectivity index (χ1v) is 8.29. The van der Waals surface area contributed by atoms with E-state index in [2.05, 4.69) is 20.7 Å². The Kier molecular flexibility index (Phi) is 5.51. The lowest BCUT2D eigenvalue weighted by Crippen LogP contribution is -2.19. The number of aromatic nitrogens is 2. The fraction of sp³-hybridized carbons (Fsp3) is 0.150. The summed E-state index contributed by atoms with van der Waals surface area (Å²) in [5.41, 5.74) is 5.98. The van der Waals surface area contributed by atoms with Gasteiger partial charge in [-0.25, -0.2) is 5.43 Å². The lowest BCUT2D eigenvalue weighted by Gasteiger charge is -2.03. The molecule has 2 N–H and O–H groups in total. The maximum atomic E-state index is 12.3. The van der Waals surface area contributed by atoms with Gasteiger partial charge in [0.1, 0.15) is 17.2 Å². The summed E-state index contributed by atoms with van der Waals surface area (Å²) in [6, 6.07) is 16.5. The maximum Gasteiger partial charge on any atom is 0.289 e. The SMILES string of the molecule is COc1ccc(/C(C)=N/NC(=O)c2cc(-c3ccc(OC)cc3)n[nH]2)cc1. The number of amides is 1. The molecular weight excluding hydrogens is 344 g/mol. The van der Waals surface area contributed by atoms with Gasteiger partial charge in [-0.05, 0) is 67.1 Å². The summed E-state index contributed by atoms with van der Waals surface area (Å²) in [5.74, 6) is 1.16. The lowest BCUT2D eigenvalue weighted by molar-refractivity contribution is 0.0950. The minimum atomic E-state index is -0.366. The number of hydrogen-bond donors (Lipinski definition) is 2. The Morgan fingerprint density at radius 3 is 2.19 bits per heavy atom. The fourth-order valence-corrected chi connectivity index (χ4v) is 2.44. The number of ether oxygens (including phenoxy) is 2. The van der Waals surface area contributed by atoms with Crippen molar-refractivity contribution in [2.75, 3.05) is 14.2 Å². The van der Waals surface area contributed by atoms with Crippen LogP contribution in [0.25, 0.3) is 11.3 Å². The number of methoxy groups -OCH3 is 2. The molecule has 0 unspecified atom stereocenters. The number of carbonyl (C=O) groups is 1. The Hall–Kier alpha value is -3.61. The third-order valence-electron chi connectivity index (χ3n) is 4.04. The third-order valence-corrected chi connectivity index (χ3v) is 4.04. The molecule has 0 aliphatic heterocycles. The van der Waals surface area contributed by atoms with Gasteiger partial charge in [-0.3, -0.25) is 9.89 Å². The predicted molar refractivity (Wildman–Crippen MR) is 103 cm³/mol. The van der Waals surface area contributed by atoms with Crippen molar-refractivity contribution in [3.05, 3.63) is 65.9 Å². The summed E-state index contributed by atoms with van der Waals surface area (Å²) < 4.78 is 10.3. The number of hydrazone groups is 1. The highest BCUT2D eigenvalue weighted by atomic mass is 16.5. The molecule has 1 aromatic heterocycles. The first-order chi connectivity index (χ1) is 13.1. The number of carbonyl (C=O) groups excluding carboxylic acids is 1. The molecule has 0 radical (unpaired) electrons. The van der Waals surface area contributed by atoms with Gasteiger partial charge in [0.25, 0.3) is 5.91 Å². The second-order valence-electron chi connectivity index (χ2n) is 5.76. The predicted octanol–water partition coefficient (Wildman–Crippen LogP) is 3.25. The number of nitrogens with zero attached hydrogens (tertiary/aromatic N) is 2. The quantitative estimate of drug-likeness (QED) is 0.519. The van der Waals surface area contributed by atoms with E-state index in [0.29, 0.717) is 17.1 Å². The van der Waals surface area contributed by atoms with E-state index < -0.39 is 0 Å². The number of H-pyrrole nitrogens is 1. The van der Waals surface area contributed by atoms with E-state index in [1.54, 1.807) is 20.3 Å². The minimum absolute atomic E-state index is 0.326. The first kappa shape index (κ1) is 18.2. The van der Waals surface area contributed by atoms with Gasteiger partial charge < -0.3 is 9.47 Å². The molecule has 3 rings (SSSR count). The molecule has 7 nitrogen and oxygen atoms in total. The summed E-state index contributed by atoms with van der Waals surface area (Å²) in [4.78, 5) is 12.3. The van der Waals surface area contributed by atoms with Crippen LogP contribution in [0.2, 0.25) is 0 Å². The zero-order valence-electron chi connectivity index (χ0n) is 15.3. The molecule has 27 heavy (non-hydrogen) atoms. The van der Waals surface area contributed by atoms with Gasteiger partial charge in [-0.1, -0.05) is 0 Å². The molecule has 138 valence electrons. The van der Waals surface area contributed by atoms with E-state index in [-0.39, 0.29) is 5.91 Å². The number of rotatable bonds is 6. The molecule has 1 heterocycles. The van der Waals surface area contributed by atoms with Crippen LogP contribution in [0.4, 0.5) is 0 Å². The van der Waals surface area contributed by atoms with Crippen LogP contribution < -0.4 is 14.9 Å². The minimum Gasteiger partial charge on any atom is -0.497 e. The second-order valence-corrected chi connectivity index (χ2v) is 5.76. The monoisotopic (exact) mass is 364 g/mol. The van der Waals surface area contributed by atoms with E-state index in [1.165, 1.54) is 0 Å². The molecule has 0 spiro atoms. The molecule has 0 saturated heterocycles. The summed E-state index contributed by atoms with van der Waals surface area (Å²) in [6.07, 6.45) is 0. The normalized spacial score (nSPS) is 11.1. The highest BCUT2D eigenvalue weighted by Gasteiger charge is 2.11. The topological polar surface area (TPSA) is 88.6 Å². The molecule has 0 aliphatic carbocycles. The zero-order chi connectivity index (χ0) is 19.2. The molecule has 0 bridgehead atoms. The van der Waals surface area contributed by atoms with Crippen molar-refractivity contribution in [1.29, 1.82) is 0 Å². The molecule has 2 aromatic carbocycles. The standard InChI is InChI=1S/C20H20N4O3/c1-13(14-4-8-16(26-2)9-5-14)21-24-20(25)19-12-18(22-23-19)15-6-10-17(27-3)11-7-15/h4-12H,1-3H3,(H,22,23)(H,24,25)/b21-13+. The van der Waals surface area contributed by atoms with E-state index in [4.69, 9.17) is 9.47 Å². The molecule has 0 saturated carbocycles. The summed E-state index contributed by atoms with van der Waals surface area (Å²) in [7, 11) is 3.22. The molecule has 3 aromatic rings. The second kappa shape index (κ2) is 8.18. The van der Waals surface area contributed by atoms with Gasteiger partial charge in [-0.2, -0.15) is 10.2 Å². The fourth-order valence-electron chi connectivity index (χ4n) is 2.44. The van der Waals surface area contributed by atoms with Gasteiger partial charge in [0.15, 0.2) is 0 Å². The van der Waals surface area contributed by atoms with Gasteiger partial charge >= 0.3 is 0 Å². The molecule has 0 aliphatic rings. The van der Waals surface area contributed by atoms with Crippen molar-refractivity contribution >= 4 is 11.6 Å². The molecular formula is C20H20N4O3. The Labute approximate surface area is 157 Å². The van der Waals surface area contributed by atoms with Crippen LogP contribution >= 0.6 is 0 Å². The number of benzene rings is 2. The van der Waals surface area contributed by atoms with Crippen molar-refractivity contribution < 1.29 is 14.3 Å². The van der Waals surface area contributed by atoms with Crippen molar-refractivity contribution in [2.45, 2.75) is 6.92 Å². The van der Waals surface area contributed by atoms with Gasteiger partial charge in [-0.15, -0.1) is 0 Å². The van der Waals surface area contributed by atoms with Crippen LogP contribution in [0.3, 0.4) is 0 Å². The van der Waals surface area contributed by atoms with Gasteiger partial charge in [0, 0.05) is 5.56 Å². The van der Waals surface area contributed by atoms with E-state index in [0.717, 1.165) is 22.6 Å². The maximum absolute atomic E-state index is 12.3. The van der Waals surface area contributed by atoms with E-state index >= 15 is 0 Å². The molecule has 0 atom stereocenters. The van der Waals surface area contributed by atoms with Crippen molar-refractivity contribution in [3.63, 3.8) is 0 Å². The summed E-state index contributed by atoms with van der Waals surface area (Å²) in [5, 5.41) is 11.1.